The largest absolute Gasteiger partial charge is 0.463 e. The second-order valence-corrected chi connectivity index (χ2v) is 7.83. The molecule has 0 spiro atoms. The van der Waals surface area contributed by atoms with Crippen LogP contribution in [-0.2, 0) is 23.9 Å². The van der Waals surface area contributed by atoms with Gasteiger partial charge in [0.2, 0.25) is 17.7 Å². The van der Waals surface area contributed by atoms with Gasteiger partial charge in [0.05, 0.1) is 6.61 Å². The lowest BCUT2D eigenvalue weighted by atomic mass is 9.98. The van der Waals surface area contributed by atoms with Crippen LogP contribution in [0.1, 0.15) is 36.5 Å². The molecule has 1 saturated heterocycles. The van der Waals surface area contributed by atoms with Crippen LogP contribution in [-0.4, -0.2) is 42.9 Å². The molecular formula is C24H31N3O5. The predicted octanol–water partition coefficient (Wildman–Crippen LogP) is 2.24. The Morgan fingerprint density at radius 3 is 2.38 bits per heavy atom. The van der Waals surface area contributed by atoms with Crippen molar-refractivity contribution in [2.75, 3.05) is 18.5 Å². The van der Waals surface area contributed by atoms with Crippen LogP contribution in [0.5, 0.6) is 0 Å². The Morgan fingerprint density at radius 2 is 1.78 bits per heavy atom. The fourth-order valence-corrected chi connectivity index (χ4v) is 3.67. The van der Waals surface area contributed by atoms with Crippen molar-refractivity contribution in [3.63, 3.8) is 0 Å². The van der Waals surface area contributed by atoms with E-state index in [0.29, 0.717) is 25.1 Å². The molecule has 0 saturated carbocycles. The molecule has 1 aliphatic rings. The molecule has 2 unspecified atom stereocenters. The van der Waals surface area contributed by atoms with Gasteiger partial charge < -0.3 is 20.7 Å². The molecule has 32 heavy (non-hydrogen) atoms. The summed E-state index contributed by atoms with van der Waals surface area (Å²) in [6, 6.07) is 3.38. The van der Waals surface area contributed by atoms with E-state index in [4.69, 9.17) is 4.74 Å². The fraction of sp³-hybridized carbons (Fsp3) is 0.417. The molecule has 8 nitrogen and oxygen atoms in total. The third-order valence-electron chi connectivity index (χ3n) is 5.09. The normalized spacial score (nSPS) is 16.8. The lowest BCUT2D eigenvalue weighted by Crippen LogP contribution is -2.35. The number of ether oxygens (including phenoxy) is 1. The Bertz CT molecular complexity index is 913. The summed E-state index contributed by atoms with van der Waals surface area (Å²) >= 11 is 0. The number of amides is 3. The molecule has 0 radical (unpaired) electrons. The smallest absolute Gasteiger partial charge is 0.330 e. The van der Waals surface area contributed by atoms with Crippen LogP contribution in [0.15, 0.2) is 36.4 Å². The molecule has 1 aliphatic heterocycles. The summed E-state index contributed by atoms with van der Waals surface area (Å²) in [5.74, 6) is -1.79. The fourth-order valence-electron chi connectivity index (χ4n) is 3.67. The summed E-state index contributed by atoms with van der Waals surface area (Å²) in [6.07, 6.45) is 6.03. The van der Waals surface area contributed by atoms with Gasteiger partial charge in [0, 0.05) is 42.4 Å². The highest BCUT2D eigenvalue weighted by molar-refractivity contribution is 6.04. The summed E-state index contributed by atoms with van der Waals surface area (Å²) in [6.45, 7) is 8.32. The zero-order valence-electron chi connectivity index (χ0n) is 19.0. The summed E-state index contributed by atoms with van der Waals surface area (Å²) in [7, 11) is 0. The Balaban J connectivity index is 2.01. The number of benzene rings is 1. The maximum atomic E-state index is 12.4. The van der Waals surface area contributed by atoms with E-state index >= 15 is 0 Å². The number of rotatable bonds is 9. The molecule has 8 heteroatoms. The van der Waals surface area contributed by atoms with Crippen molar-refractivity contribution in [2.24, 2.45) is 5.92 Å². The predicted molar refractivity (Wildman–Crippen MR) is 122 cm³/mol. The third kappa shape index (κ3) is 7.68. The second-order valence-electron chi connectivity index (χ2n) is 7.83. The van der Waals surface area contributed by atoms with E-state index in [0.717, 1.165) is 28.8 Å². The highest BCUT2D eigenvalue weighted by Gasteiger charge is 2.27. The van der Waals surface area contributed by atoms with Crippen molar-refractivity contribution in [1.82, 2.24) is 10.6 Å². The molecule has 1 aromatic carbocycles. The molecule has 172 valence electrons. The number of aryl methyl sites for hydroxylation is 3. The van der Waals surface area contributed by atoms with Gasteiger partial charge in [-0.15, -0.1) is 0 Å². The summed E-state index contributed by atoms with van der Waals surface area (Å²) in [5, 5.41) is 8.29. The lowest BCUT2D eigenvalue weighted by Gasteiger charge is -2.17. The number of hydrogen-bond acceptors (Lipinski definition) is 5. The molecule has 1 heterocycles. The van der Waals surface area contributed by atoms with E-state index in [1.165, 1.54) is 12.2 Å². The topological polar surface area (TPSA) is 114 Å². The molecule has 3 amide bonds. The van der Waals surface area contributed by atoms with E-state index < -0.39 is 23.8 Å². The highest BCUT2D eigenvalue weighted by Crippen LogP contribution is 2.22. The minimum atomic E-state index is -0.560. The van der Waals surface area contributed by atoms with Gasteiger partial charge in [-0.3, -0.25) is 14.4 Å². The van der Waals surface area contributed by atoms with E-state index in [2.05, 4.69) is 16.0 Å². The van der Waals surface area contributed by atoms with Crippen molar-refractivity contribution in [2.45, 2.75) is 46.6 Å². The monoisotopic (exact) mass is 441 g/mol. The van der Waals surface area contributed by atoms with Crippen molar-refractivity contribution >= 4 is 29.4 Å². The third-order valence-corrected chi connectivity index (χ3v) is 5.09. The van der Waals surface area contributed by atoms with Gasteiger partial charge in [-0.25, -0.2) is 4.79 Å². The van der Waals surface area contributed by atoms with E-state index in [1.807, 2.05) is 32.9 Å². The lowest BCUT2D eigenvalue weighted by molar-refractivity contribution is -0.137. The zero-order valence-corrected chi connectivity index (χ0v) is 19.0. The van der Waals surface area contributed by atoms with Crippen LogP contribution in [0.3, 0.4) is 0 Å². The molecule has 1 fully saturated rings. The molecule has 0 bridgehead atoms. The first-order valence-corrected chi connectivity index (χ1v) is 10.7. The second kappa shape index (κ2) is 11.8. The first-order valence-electron chi connectivity index (χ1n) is 10.7. The van der Waals surface area contributed by atoms with E-state index in [-0.39, 0.29) is 18.4 Å². The van der Waals surface area contributed by atoms with Crippen LogP contribution in [0.2, 0.25) is 0 Å². The first kappa shape index (κ1) is 24.8. The van der Waals surface area contributed by atoms with Gasteiger partial charge in [0.15, 0.2) is 0 Å². The van der Waals surface area contributed by atoms with Crippen molar-refractivity contribution in [3.05, 3.63) is 53.1 Å². The summed E-state index contributed by atoms with van der Waals surface area (Å²) in [5.41, 5.74) is 3.69. The molecule has 2 rings (SSSR count). The van der Waals surface area contributed by atoms with Crippen LogP contribution < -0.4 is 16.0 Å². The average Bonchev–Trinajstić information content (AvgIpc) is 3.12. The number of carbonyl (C=O) groups excluding carboxylic acids is 4. The van der Waals surface area contributed by atoms with Gasteiger partial charge in [-0.05, 0) is 51.7 Å². The summed E-state index contributed by atoms with van der Waals surface area (Å²) < 4.78 is 4.87. The Kier molecular flexibility index (Phi) is 9.19. The standard InChI is InChI=1S/C24H31N3O5/c1-5-32-22(30)9-6-19(14-18-10-11-25-24(18)31)26-20(28)7-8-21(29)27-23-16(3)12-15(2)13-17(23)4/h6-9,12-13,18-19H,5,10-11,14H2,1-4H3,(H,25,31)(H,26,28)(H,27,29)/b8-7+,9-6+. The molecule has 0 aromatic heterocycles. The van der Waals surface area contributed by atoms with E-state index in [9.17, 15) is 19.2 Å². The number of carbonyl (C=O) groups is 4. The molecule has 0 aliphatic carbocycles. The maximum absolute atomic E-state index is 12.4. The van der Waals surface area contributed by atoms with Crippen molar-refractivity contribution < 1.29 is 23.9 Å². The van der Waals surface area contributed by atoms with Gasteiger partial charge in [0.1, 0.15) is 0 Å². The average molecular weight is 442 g/mol. The Labute approximate surface area is 188 Å². The quantitative estimate of drug-likeness (QED) is 0.402. The number of anilines is 1. The SMILES string of the molecule is CCOC(=O)/C=C/C(CC1CCNC1=O)NC(=O)/C=C/C(=O)Nc1c(C)cc(C)cc1C. The highest BCUT2D eigenvalue weighted by atomic mass is 16.5. The van der Waals surface area contributed by atoms with Crippen LogP contribution in [0.25, 0.3) is 0 Å². The molecule has 2 atom stereocenters. The van der Waals surface area contributed by atoms with Gasteiger partial charge >= 0.3 is 5.97 Å². The molecular weight excluding hydrogens is 410 g/mol. The number of hydrogen-bond donors (Lipinski definition) is 3. The van der Waals surface area contributed by atoms with Gasteiger partial charge in [0.25, 0.3) is 0 Å². The van der Waals surface area contributed by atoms with Crippen LogP contribution >= 0.6 is 0 Å². The molecule has 1 aromatic rings. The van der Waals surface area contributed by atoms with Crippen LogP contribution in [0, 0.1) is 26.7 Å². The zero-order chi connectivity index (χ0) is 23.7. The number of esters is 1. The van der Waals surface area contributed by atoms with Crippen molar-refractivity contribution in [3.8, 4) is 0 Å². The van der Waals surface area contributed by atoms with Gasteiger partial charge in [-0.1, -0.05) is 23.8 Å². The first-order chi connectivity index (χ1) is 15.2. The maximum Gasteiger partial charge on any atom is 0.330 e. The Hall–Kier alpha value is -3.42. The van der Waals surface area contributed by atoms with Crippen molar-refractivity contribution in [1.29, 1.82) is 0 Å². The van der Waals surface area contributed by atoms with E-state index in [1.54, 1.807) is 6.92 Å². The number of nitrogens with one attached hydrogen (secondary N) is 3. The molecule has 3 N–H and O–H groups in total. The minimum absolute atomic E-state index is 0.0764. The minimum Gasteiger partial charge on any atom is -0.463 e. The van der Waals surface area contributed by atoms with Crippen LogP contribution in [0.4, 0.5) is 5.69 Å². The van der Waals surface area contributed by atoms with Gasteiger partial charge in [-0.2, -0.15) is 0 Å². The Morgan fingerprint density at radius 1 is 1.12 bits per heavy atom. The summed E-state index contributed by atoms with van der Waals surface area (Å²) in [4.78, 5) is 48.2.